The minimum atomic E-state index is -3.45. The van der Waals surface area contributed by atoms with Crippen molar-refractivity contribution in [2.24, 2.45) is 0 Å². The summed E-state index contributed by atoms with van der Waals surface area (Å²) >= 11 is 0. The van der Waals surface area contributed by atoms with Crippen LogP contribution >= 0.6 is 0 Å². The van der Waals surface area contributed by atoms with Gasteiger partial charge in [0.15, 0.2) is 9.84 Å². The van der Waals surface area contributed by atoms with Gasteiger partial charge in [0.25, 0.3) is 5.91 Å². The lowest BCUT2D eigenvalue weighted by Crippen LogP contribution is -2.30. The average Bonchev–Trinajstić information content (AvgIpc) is 3.24. The molecule has 1 aliphatic rings. The van der Waals surface area contributed by atoms with Crippen molar-refractivity contribution in [2.75, 3.05) is 6.54 Å². The summed E-state index contributed by atoms with van der Waals surface area (Å²) in [6.45, 7) is 0.713. The van der Waals surface area contributed by atoms with E-state index < -0.39 is 9.84 Å². The van der Waals surface area contributed by atoms with Crippen molar-refractivity contribution in [1.82, 2.24) is 4.90 Å². The summed E-state index contributed by atoms with van der Waals surface area (Å²) in [5.74, 6) is -0.171. The van der Waals surface area contributed by atoms with Gasteiger partial charge in [-0.05, 0) is 48.2 Å². The third-order valence-corrected chi connectivity index (χ3v) is 7.03. The Balaban J connectivity index is 1.56. The van der Waals surface area contributed by atoms with E-state index in [1.165, 1.54) is 0 Å². The highest BCUT2D eigenvalue weighted by Crippen LogP contribution is 2.33. The fourth-order valence-corrected chi connectivity index (χ4v) is 5.28. The van der Waals surface area contributed by atoms with E-state index in [1.807, 2.05) is 23.1 Å². The molecule has 0 bridgehead atoms. The van der Waals surface area contributed by atoms with E-state index in [0.717, 1.165) is 18.4 Å². The van der Waals surface area contributed by atoms with Crippen LogP contribution in [0.5, 0.6) is 0 Å². The van der Waals surface area contributed by atoms with Crippen LogP contribution in [0.15, 0.2) is 89.8 Å². The van der Waals surface area contributed by atoms with Gasteiger partial charge in [0.05, 0.1) is 16.7 Å². The Bertz CT molecular complexity index is 1100. The molecule has 29 heavy (non-hydrogen) atoms. The van der Waals surface area contributed by atoms with Crippen LogP contribution in [0, 0.1) is 0 Å². The first-order chi connectivity index (χ1) is 14.0. The quantitative estimate of drug-likeness (QED) is 0.621. The second-order valence-electron chi connectivity index (χ2n) is 7.34. The summed E-state index contributed by atoms with van der Waals surface area (Å²) in [5, 5.41) is 0. The molecule has 0 saturated carbocycles. The number of likely N-dealkylation sites (tertiary alicyclic amines) is 1. The molecule has 4 rings (SSSR count). The molecule has 3 aromatic carbocycles. The monoisotopic (exact) mass is 405 g/mol. The second-order valence-corrected chi connectivity index (χ2v) is 9.33. The fraction of sp³-hybridized carbons (Fsp3) is 0.208. The molecule has 4 nitrogen and oxygen atoms in total. The molecule has 1 atom stereocenters. The Hall–Kier alpha value is -2.92. The van der Waals surface area contributed by atoms with Crippen molar-refractivity contribution in [3.63, 3.8) is 0 Å². The Morgan fingerprint density at radius 2 is 1.59 bits per heavy atom. The van der Waals surface area contributed by atoms with Crippen LogP contribution in [0.2, 0.25) is 0 Å². The lowest BCUT2D eigenvalue weighted by molar-refractivity contribution is 0.0735. The summed E-state index contributed by atoms with van der Waals surface area (Å²) in [5.41, 5.74) is 2.30. The van der Waals surface area contributed by atoms with E-state index in [2.05, 4.69) is 12.1 Å². The fourth-order valence-electron chi connectivity index (χ4n) is 3.92. The van der Waals surface area contributed by atoms with E-state index in [1.54, 1.807) is 54.6 Å². The summed E-state index contributed by atoms with van der Waals surface area (Å²) in [4.78, 5) is 15.4. The highest BCUT2D eigenvalue weighted by atomic mass is 32.2. The molecule has 5 heteroatoms. The van der Waals surface area contributed by atoms with E-state index in [0.29, 0.717) is 22.6 Å². The molecule has 1 amide bonds. The highest BCUT2D eigenvalue weighted by molar-refractivity contribution is 7.90. The predicted molar refractivity (Wildman–Crippen MR) is 113 cm³/mol. The average molecular weight is 406 g/mol. The van der Waals surface area contributed by atoms with Gasteiger partial charge in [-0.2, -0.15) is 0 Å². The second kappa shape index (κ2) is 8.21. The Labute approximate surface area is 171 Å². The smallest absolute Gasteiger partial charge is 0.254 e. The SMILES string of the molecule is O=C(c1cccc(CS(=O)(=O)c2ccccc2)c1)N1CCCC1c1ccccc1. The molecule has 0 radical (unpaired) electrons. The molecule has 0 aromatic heterocycles. The molecular weight excluding hydrogens is 382 g/mol. The molecular formula is C24H23NO3S. The van der Waals surface area contributed by atoms with Crippen LogP contribution in [0.25, 0.3) is 0 Å². The van der Waals surface area contributed by atoms with Crippen LogP contribution in [0.4, 0.5) is 0 Å². The number of nitrogens with zero attached hydrogens (tertiary/aromatic N) is 1. The van der Waals surface area contributed by atoms with Gasteiger partial charge >= 0.3 is 0 Å². The number of rotatable bonds is 5. The minimum Gasteiger partial charge on any atom is -0.332 e. The van der Waals surface area contributed by atoms with Gasteiger partial charge in [0.1, 0.15) is 0 Å². The normalized spacial score (nSPS) is 16.7. The molecule has 1 heterocycles. The van der Waals surface area contributed by atoms with Gasteiger partial charge in [-0.1, -0.05) is 60.7 Å². The van der Waals surface area contributed by atoms with Crippen molar-refractivity contribution in [1.29, 1.82) is 0 Å². The third kappa shape index (κ3) is 4.25. The van der Waals surface area contributed by atoms with Gasteiger partial charge in [0, 0.05) is 12.1 Å². The minimum absolute atomic E-state index is 0.0460. The zero-order valence-electron chi connectivity index (χ0n) is 16.1. The number of hydrogen-bond acceptors (Lipinski definition) is 3. The van der Waals surface area contributed by atoms with Crippen LogP contribution in [-0.4, -0.2) is 25.8 Å². The topological polar surface area (TPSA) is 54.5 Å². The van der Waals surface area contributed by atoms with E-state index in [-0.39, 0.29) is 17.7 Å². The van der Waals surface area contributed by atoms with Crippen molar-refractivity contribution in [3.8, 4) is 0 Å². The third-order valence-electron chi connectivity index (χ3n) is 5.33. The Kier molecular flexibility index (Phi) is 5.49. The van der Waals surface area contributed by atoms with Crippen molar-refractivity contribution in [2.45, 2.75) is 29.5 Å². The van der Waals surface area contributed by atoms with E-state index >= 15 is 0 Å². The first-order valence-electron chi connectivity index (χ1n) is 9.77. The van der Waals surface area contributed by atoms with Crippen LogP contribution in [0.1, 0.15) is 40.4 Å². The maximum Gasteiger partial charge on any atom is 0.254 e. The summed E-state index contributed by atoms with van der Waals surface area (Å²) in [6, 6.07) is 25.5. The van der Waals surface area contributed by atoms with Crippen molar-refractivity contribution >= 4 is 15.7 Å². The summed E-state index contributed by atoms with van der Waals surface area (Å²) in [6.07, 6.45) is 1.91. The van der Waals surface area contributed by atoms with Crippen LogP contribution in [-0.2, 0) is 15.6 Å². The number of carbonyl (C=O) groups is 1. The van der Waals surface area contributed by atoms with Gasteiger partial charge in [-0.25, -0.2) is 8.42 Å². The lowest BCUT2D eigenvalue weighted by Gasteiger charge is -2.25. The van der Waals surface area contributed by atoms with E-state index in [9.17, 15) is 13.2 Å². The molecule has 1 aliphatic heterocycles. The zero-order valence-corrected chi connectivity index (χ0v) is 16.9. The highest BCUT2D eigenvalue weighted by Gasteiger charge is 2.30. The predicted octanol–water partition coefficient (Wildman–Crippen LogP) is 4.64. The molecule has 148 valence electrons. The number of hydrogen-bond donors (Lipinski definition) is 0. The van der Waals surface area contributed by atoms with Gasteiger partial charge in [-0.3, -0.25) is 4.79 Å². The van der Waals surface area contributed by atoms with Gasteiger partial charge < -0.3 is 4.90 Å². The van der Waals surface area contributed by atoms with Gasteiger partial charge in [0.2, 0.25) is 0 Å². The number of carbonyl (C=O) groups excluding carboxylic acids is 1. The molecule has 0 N–H and O–H groups in total. The Morgan fingerprint density at radius 3 is 2.31 bits per heavy atom. The van der Waals surface area contributed by atoms with Crippen molar-refractivity contribution < 1.29 is 13.2 Å². The molecule has 1 saturated heterocycles. The molecule has 1 unspecified atom stereocenters. The number of sulfone groups is 1. The molecule has 3 aromatic rings. The first kappa shape index (κ1) is 19.4. The maximum absolute atomic E-state index is 13.2. The molecule has 0 aliphatic carbocycles. The Morgan fingerprint density at radius 1 is 0.897 bits per heavy atom. The number of amides is 1. The first-order valence-corrected chi connectivity index (χ1v) is 11.4. The molecule has 1 fully saturated rings. The van der Waals surface area contributed by atoms with Crippen molar-refractivity contribution in [3.05, 3.63) is 102 Å². The summed E-state index contributed by atoms with van der Waals surface area (Å²) < 4.78 is 25.4. The summed E-state index contributed by atoms with van der Waals surface area (Å²) in [7, 11) is -3.45. The van der Waals surface area contributed by atoms with Gasteiger partial charge in [-0.15, -0.1) is 0 Å². The maximum atomic E-state index is 13.2. The van der Waals surface area contributed by atoms with Crippen LogP contribution in [0.3, 0.4) is 0 Å². The standard InChI is InChI=1S/C24H23NO3S/c26-24(25-16-8-15-23(25)20-10-3-1-4-11-20)21-12-7-9-19(17-21)18-29(27,28)22-13-5-2-6-14-22/h1-7,9-14,17,23H,8,15-16,18H2. The largest absolute Gasteiger partial charge is 0.332 e. The zero-order chi connectivity index (χ0) is 20.3. The van der Waals surface area contributed by atoms with E-state index in [4.69, 9.17) is 0 Å². The number of benzene rings is 3. The lowest BCUT2D eigenvalue weighted by atomic mass is 10.0. The van der Waals surface area contributed by atoms with Crippen LogP contribution < -0.4 is 0 Å². The molecule has 0 spiro atoms.